The normalized spacial score (nSPS) is 12.1. The number of nitrogens with one attached hydrogen (secondary N) is 1. The van der Waals surface area contributed by atoms with Crippen LogP contribution in [-0.4, -0.2) is 12.0 Å². The zero-order chi connectivity index (χ0) is 10.8. The van der Waals surface area contributed by atoms with E-state index in [4.69, 9.17) is 5.73 Å². The van der Waals surface area contributed by atoms with Gasteiger partial charge in [-0.05, 0) is 11.8 Å². The SMILES string of the molecule is [Cr+3].[NH-][C@@H](Cc1c[n-]c2ccccc12)C(=O)[O-]. The van der Waals surface area contributed by atoms with Crippen LogP contribution < -0.4 is 10.1 Å². The maximum Gasteiger partial charge on any atom is 3.00 e. The molecule has 1 radical (unpaired) electrons. The van der Waals surface area contributed by atoms with Crippen molar-refractivity contribution in [2.24, 2.45) is 0 Å². The van der Waals surface area contributed by atoms with Gasteiger partial charge in [0.1, 0.15) is 0 Å². The number of carbonyl (C=O) groups is 1. The summed E-state index contributed by atoms with van der Waals surface area (Å²) in [4.78, 5) is 14.6. The molecule has 5 heteroatoms. The van der Waals surface area contributed by atoms with Gasteiger partial charge in [-0.1, -0.05) is 35.9 Å². The number of fused-ring (bicyclic) bond motifs is 1. The molecule has 0 aliphatic rings. The average molecular weight is 253 g/mol. The van der Waals surface area contributed by atoms with Crippen molar-refractivity contribution in [3.05, 3.63) is 41.8 Å². The summed E-state index contributed by atoms with van der Waals surface area (Å²) in [5.41, 5.74) is 8.91. The number of aliphatic carboxylic acids is 1. The number of aromatic nitrogens is 1. The summed E-state index contributed by atoms with van der Waals surface area (Å²) in [5, 5.41) is 11.4. The van der Waals surface area contributed by atoms with Crippen molar-refractivity contribution in [3.63, 3.8) is 0 Å². The van der Waals surface area contributed by atoms with E-state index in [-0.39, 0.29) is 23.8 Å². The van der Waals surface area contributed by atoms with Crippen molar-refractivity contribution >= 4 is 16.9 Å². The van der Waals surface area contributed by atoms with Crippen molar-refractivity contribution in [2.45, 2.75) is 12.5 Å². The van der Waals surface area contributed by atoms with Crippen LogP contribution in [0.3, 0.4) is 0 Å². The van der Waals surface area contributed by atoms with E-state index >= 15 is 0 Å². The van der Waals surface area contributed by atoms with E-state index in [1.807, 2.05) is 24.3 Å². The zero-order valence-electron chi connectivity index (χ0n) is 8.34. The second kappa shape index (κ2) is 5.17. The largest absolute Gasteiger partial charge is 3.00 e. The van der Waals surface area contributed by atoms with Crippen LogP contribution in [0, 0.1) is 0 Å². The van der Waals surface area contributed by atoms with Gasteiger partial charge in [0.05, 0.1) is 0 Å². The predicted octanol–water partition coefficient (Wildman–Crippen LogP) is 0.508. The second-order valence-corrected chi connectivity index (χ2v) is 3.38. The van der Waals surface area contributed by atoms with Crippen molar-refractivity contribution < 1.29 is 27.3 Å². The van der Waals surface area contributed by atoms with Gasteiger partial charge in [-0.15, -0.1) is 5.52 Å². The molecule has 0 amide bonds. The number of carboxylic acids is 1. The fourth-order valence-electron chi connectivity index (χ4n) is 1.54. The standard InChI is InChI=1S/C11H10N2O2.Cr/c12-9(11(14)15)5-7-6-13-10-4-2-1-3-8(7)10;/h1-4,6,9,12H,5H2,(H,14,15);/q-2;+3/p-1/t9-;/m0./s1. The Balaban J connectivity index is 0.00000128. The predicted molar refractivity (Wildman–Crippen MR) is 54.1 cm³/mol. The summed E-state index contributed by atoms with van der Waals surface area (Å²) in [6, 6.07) is 6.25. The number of benzene rings is 1. The molecule has 1 atom stereocenters. The van der Waals surface area contributed by atoms with Crippen LogP contribution >= 0.6 is 0 Å². The van der Waals surface area contributed by atoms with Gasteiger partial charge in [-0.2, -0.15) is 6.20 Å². The fourth-order valence-corrected chi connectivity index (χ4v) is 1.54. The minimum atomic E-state index is -1.35. The monoisotopic (exact) mass is 253 g/mol. The Morgan fingerprint density at radius 3 is 2.81 bits per heavy atom. The first kappa shape index (κ1) is 12.8. The molecule has 0 aliphatic heterocycles. The van der Waals surface area contributed by atoms with Gasteiger partial charge in [-0.25, -0.2) is 0 Å². The number of para-hydroxylation sites is 1. The van der Waals surface area contributed by atoms with Gasteiger partial charge in [-0.3, -0.25) is 0 Å². The van der Waals surface area contributed by atoms with E-state index in [9.17, 15) is 9.90 Å². The Hall–Kier alpha value is -1.28. The summed E-state index contributed by atoms with van der Waals surface area (Å²) in [6.07, 6.45) is 1.76. The van der Waals surface area contributed by atoms with E-state index < -0.39 is 12.0 Å². The van der Waals surface area contributed by atoms with Crippen molar-refractivity contribution in [1.82, 2.24) is 4.98 Å². The van der Waals surface area contributed by atoms with Gasteiger partial charge in [0, 0.05) is 5.97 Å². The molecule has 1 N–H and O–H groups in total. The number of carboxylic acid groups (broad SMARTS) is 1. The molecule has 0 bridgehead atoms. The second-order valence-electron chi connectivity index (χ2n) is 3.38. The molecule has 1 aromatic carbocycles. The molecule has 0 aliphatic carbocycles. The molecule has 16 heavy (non-hydrogen) atoms. The number of nitrogens with zero attached hydrogens (tertiary/aromatic N) is 1. The fraction of sp³-hybridized carbons (Fsp3) is 0.182. The summed E-state index contributed by atoms with van der Waals surface area (Å²) < 4.78 is 0. The summed E-state index contributed by atoms with van der Waals surface area (Å²) in [5.74, 6) is -1.35. The molecule has 0 saturated carbocycles. The van der Waals surface area contributed by atoms with Crippen LogP contribution in [0.25, 0.3) is 16.6 Å². The molecule has 4 nitrogen and oxygen atoms in total. The molecule has 81 valence electrons. The van der Waals surface area contributed by atoms with Crippen molar-refractivity contribution in [3.8, 4) is 0 Å². The number of hydrogen-bond donors (Lipinski definition) is 0. The van der Waals surface area contributed by atoms with Crippen molar-refractivity contribution in [1.29, 1.82) is 0 Å². The van der Waals surface area contributed by atoms with E-state index in [1.54, 1.807) is 6.20 Å². The maximum absolute atomic E-state index is 10.4. The van der Waals surface area contributed by atoms with Gasteiger partial charge in [0.15, 0.2) is 0 Å². The molecule has 0 saturated heterocycles. The minimum absolute atomic E-state index is 0. The third-order valence-corrected chi connectivity index (χ3v) is 2.32. The van der Waals surface area contributed by atoms with Crippen LogP contribution in [0.15, 0.2) is 30.5 Å². The Morgan fingerprint density at radius 2 is 2.12 bits per heavy atom. The van der Waals surface area contributed by atoms with Gasteiger partial charge >= 0.3 is 17.4 Å². The Labute approximate surface area is 104 Å². The van der Waals surface area contributed by atoms with Gasteiger partial charge < -0.3 is 20.6 Å². The molecule has 0 unspecified atom stereocenters. The number of carbonyl (C=O) groups excluding carboxylic acids is 1. The Bertz CT molecular complexity index is 495. The Kier molecular flexibility index (Phi) is 4.13. The summed E-state index contributed by atoms with van der Waals surface area (Å²) in [6.45, 7) is 0. The quantitative estimate of drug-likeness (QED) is 0.799. The first-order chi connectivity index (χ1) is 7.18. The van der Waals surface area contributed by atoms with Crippen LogP contribution in [0.5, 0.6) is 0 Å². The van der Waals surface area contributed by atoms with Crippen LogP contribution in [0.4, 0.5) is 0 Å². The Morgan fingerprint density at radius 1 is 1.44 bits per heavy atom. The minimum Gasteiger partial charge on any atom is -0.670 e. The van der Waals surface area contributed by atoms with E-state index in [0.717, 1.165) is 16.5 Å². The van der Waals surface area contributed by atoms with E-state index in [2.05, 4.69) is 4.98 Å². The average Bonchev–Trinajstić information content (AvgIpc) is 2.62. The maximum atomic E-state index is 10.4. The molecular formula is C11H9CrN2O2. The third-order valence-electron chi connectivity index (χ3n) is 2.32. The van der Waals surface area contributed by atoms with Crippen LogP contribution in [-0.2, 0) is 28.6 Å². The molecular weight excluding hydrogens is 244 g/mol. The summed E-state index contributed by atoms with van der Waals surface area (Å²) in [7, 11) is 0. The summed E-state index contributed by atoms with van der Waals surface area (Å²) >= 11 is 0. The molecule has 1 aromatic heterocycles. The molecule has 1 heterocycles. The smallest absolute Gasteiger partial charge is 0.670 e. The topological polar surface area (TPSA) is 78.0 Å². The van der Waals surface area contributed by atoms with E-state index in [1.165, 1.54) is 0 Å². The van der Waals surface area contributed by atoms with E-state index in [0.29, 0.717) is 0 Å². The third kappa shape index (κ3) is 2.45. The molecule has 2 aromatic rings. The molecule has 2 rings (SSSR count). The first-order valence-corrected chi connectivity index (χ1v) is 4.60. The molecule has 0 spiro atoms. The first-order valence-electron chi connectivity index (χ1n) is 4.60. The van der Waals surface area contributed by atoms with Gasteiger partial charge in [0.25, 0.3) is 0 Å². The van der Waals surface area contributed by atoms with Gasteiger partial charge in [0.2, 0.25) is 0 Å². The van der Waals surface area contributed by atoms with Crippen LogP contribution in [0.1, 0.15) is 5.56 Å². The number of hydrogen-bond acceptors (Lipinski definition) is 2. The number of rotatable bonds is 3. The zero-order valence-corrected chi connectivity index (χ0v) is 9.62. The molecule has 0 fully saturated rings. The van der Waals surface area contributed by atoms with Crippen LogP contribution in [0.2, 0.25) is 0 Å². The van der Waals surface area contributed by atoms with Crippen molar-refractivity contribution in [2.75, 3.05) is 0 Å².